The SMILES string of the molecule is CC(=O)N/N=C/c1cc(C)n(-c2ccc(N(C)C)cc2)c1C. The predicted molar refractivity (Wildman–Crippen MR) is 91.0 cm³/mol. The van der Waals surface area contributed by atoms with Crippen LogP contribution in [-0.2, 0) is 4.79 Å². The third kappa shape index (κ3) is 3.36. The van der Waals surface area contributed by atoms with Gasteiger partial charge < -0.3 is 9.47 Å². The molecule has 0 atom stereocenters. The highest BCUT2D eigenvalue weighted by Gasteiger charge is 2.09. The van der Waals surface area contributed by atoms with Crippen molar-refractivity contribution < 1.29 is 4.79 Å². The van der Waals surface area contributed by atoms with E-state index in [1.54, 1.807) is 6.21 Å². The fourth-order valence-electron chi connectivity index (χ4n) is 2.41. The maximum Gasteiger partial charge on any atom is 0.236 e. The molecule has 2 rings (SSSR count). The van der Waals surface area contributed by atoms with Crippen molar-refractivity contribution in [3.63, 3.8) is 0 Å². The van der Waals surface area contributed by atoms with E-state index in [0.29, 0.717) is 0 Å². The smallest absolute Gasteiger partial charge is 0.236 e. The van der Waals surface area contributed by atoms with Gasteiger partial charge in [0, 0.05) is 49.3 Å². The number of rotatable bonds is 4. The third-order valence-corrected chi connectivity index (χ3v) is 3.52. The first kappa shape index (κ1) is 15.8. The Labute approximate surface area is 131 Å². The van der Waals surface area contributed by atoms with Crippen LogP contribution in [0.4, 0.5) is 5.69 Å². The molecule has 0 saturated heterocycles. The second-order valence-corrected chi connectivity index (χ2v) is 5.50. The van der Waals surface area contributed by atoms with Gasteiger partial charge in [0.05, 0.1) is 6.21 Å². The van der Waals surface area contributed by atoms with Gasteiger partial charge in [-0.2, -0.15) is 5.10 Å². The first-order chi connectivity index (χ1) is 10.4. The Morgan fingerprint density at radius 1 is 1.23 bits per heavy atom. The van der Waals surface area contributed by atoms with E-state index in [1.165, 1.54) is 12.6 Å². The van der Waals surface area contributed by atoms with Crippen LogP contribution in [0.15, 0.2) is 35.4 Å². The van der Waals surface area contributed by atoms with Gasteiger partial charge in [-0.15, -0.1) is 0 Å². The lowest BCUT2D eigenvalue weighted by Gasteiger charge is -2.14. The number of hydrogen-bond acceptors (Lipinski definition) is 3. The van der Waals surface area contributed by atoms with E-state index in [2.05, 4.69) is 57.2 Å². The maximum absolute atomic E-state index is 10.9. The van der Waals surface area contributed by atoms with Gasteiger partial charge in [0.2, 0.25) is 5.91 Å². The van der Waals surface area contributed by atoms with E-state index in [4.69, 9.17) is 0 Å². The van der Waals surface area contributed by atoms with Crippen LogP contribution in [0.25, 0.3) is 5.69 Å². The van der Waals surface area contributed by atoms with Crippen molar-refractivity contribution in [2.24, 2.45) is 5.10 Å². The number of anilines is 1. The van der Waals surface area contributed by atoms with Crippen LogP contribution in [-0.4, -0.2) is 30.8 Å². The molecule has 0 unspecified atom stereocenters. The summed E-state index contributed by atoms with van der Waals surface area (Å²) in [6, 6.07) is 10.5. The van der Waals surface area contributed by atoms with Crippen molar-refractivity contribution in [1.82, 2.24) is 9.99 Å². The Hall–Kier alpha value is -2.56. The minimum Gasteiger partial charge on any atom is -0.378 e. The lowest BCUT2D eigenvalue weighted by atomic mass is 10.2. The number of carbonyl (C=O) groups is 1. The number of amides is 1. The Balaban J connectivity index is 2.33. The Morgan fingerprint density at radius 2 is 1.86 bits per heavy atom. The molecule has 5 heteroatoms. The highest BCUT2D eigenvalue weighted by molar-refractivity contribution is 5.83. The highest BCUT2D eigenvalue weighted by atomic mass is 16.2. The van der Waals surface area contributed by atoms with E-state index in [9.17, 15) is 4.79 Å². The first-order valence-corrected chi connectivity index (χ1v) is 7.16. The average molecular weight is 298 g/mol. The zero-order valence-electron chi connectivity index (χ0n) is 13.7. The Bertz CT molecular complexity index is 696. The zero-order chi connectivity index (χ0) is 16.3. The summed E-state index contributed by atoms with van der Waals surface area (Å²) in [5.74, 6) is -0.177. The predicted octanol–water partition coefficient (Wildman–Crippen LogP) is 2.63. The summed E-state index contributed by atoms with van der Waals surface area (Å²) >= 11 is 0. The number of carbonyl (C=O) groups excluding carboxylic acids is 1. The minimum absolute atomic E-state index is 0.177. The largest absolute Gasteiger partial charge is 0.378 e. The van der Waals surface area contributed by atoms with E-state index in [1.807, 2.05) is 21.0 Å². The van der Waals surface area contributed by atoms with Crippen LogP contribution in [0.3, 0.4) is 0 Å². The molecule has 1 heterocycles. The van der Waals surface area contributed by atoms with E-state index >= 15 is 0 Å². The molecule has 2 aromatic rings. The van der Waals surface area contributed by atoms with Crippen molar-refractivity contribution in [2.45, 2.75) is 20.8 Å². The van der Waals surface area contributed by atoms with Crippen molar-refractivity contribution in [2.75, 3.05) is 19.0 Å². The topological polar surface area (TPSA) is 49.6 Å². The molecule has 0 fully saturated rings. The van der Waals surface area contributed by atoms with Crippen LogP contribution >= 0.6 is 0 Å². The van der Waals surface area contributed by atoms with Gasteiger partial charge in [-0.3, -0.25) is 4.79 Å². The highest BCUT2D eigenvalue weighted by Crippen LogP contribution is 2.22. The molecular formula is C17H22N4O. The summed E-state index contributed by atoms with van der Waals surface area (Å²) in [6.45, 7) is 5.54. The Kier molecular flexibility index (Phi) is 4.65. The van der Waals surface area contributed by atoms with Crippen molar-refractivity contribution >= 4 is 17.8 Å². The quantitative estimate of drug-likeness (QED) is 0.697. The van der Waals surface area contributed by atoms with Crippen molar-refractivity contribution in [3.8, 4) is 5.69 Å². The molecule has 5 nitrogen and oxygen atoms in total. The molecule has 1 amide bonds. The lowest BCUT2D eigenvalue weighted by molar-refractivity contribution is -0.118. The minimum atomic E-state index is -0.177. The third-order valence-electron chi connectivity index (χ3n) is 3.52. The van der Waals surface area contributed by atoms with Gasteiger partial charge in [-0.1, -0.05) is 0 Å². The summed E-state index contributed by atoms with van der Waals surface area (Å²) in [5, 5.41) is 3.94. The Morgan fingerprint density at radius 3 is 2.41 bits per heavy atom. The zero-order valence-corrected chi connectivity index (χ0v) is 13.7. The molecule has 1 aromatic heterocycles. The van der Waals surface area contributed by atoms with Crippen LogP contribution in [0.1, 0.15) is 23.9 Å². The number of nitrogens with zero attached hydrogens (tertiary/aromatic N) is 3. The molecule has 116 valence electrons. The van der Waals surface area contributed by atoms with Gasteiger partial charge in [-0.25, -0.2) is 5.43 Å². The summed E-state index contributed by atoms with van der Waals surface area (Å²) in [6.07, 6.45) is 1.68. The van der Waals surface area contributed by atoms with Gasteiger partial charge in [0.1, 0.15) is 0 Å². The lowest BCUT2D eigenvalue weighted by Crippen LogP contribution is -2.12. The number of aryl methyl sites for hydroxylation is 1. The number of nitrogens with one attached hydrogen (secondary N) is 1. The van der Waals surface area contributed by atoms with E-state index in [0.717, 1.165) is 22.6 Å². The average Bonchev–Trinajstić information content (AvgIpc) is 2.73. The van der Waals surface area contributed by atoms with Crippen LogP contribution in [0.2, 0.25) is 0 Å². The number of hydrogen-bond donors (Lipinski definition) is 1. The standard InChI is InChI=1S/C17H22N4O/c1-12-10-15(11-18-19-14(3)22)13(2)21(12)17-8-6-16(7-9-17)20(4)5/h6-11H,1-5H3,(H,19,22)/b18-11+. The summed E-state index contributed by atoms with van der Waals surface area (Å²) in [5.41, 5.74) is 7.90. The molecule has 0 aliphatic rings. The van der Waals surface area contributed by atoms with Gasteiger partial charge in [0.15, 0.2) is 0 Å². The van der Waals surface area contributed by atoms with Crippen molar-refractivity contribution in [3.05, 3.63) is 47.3 Å². The van der Waals surface area contributed by atoms with Crippen LogP contribution in [0, 0.1) is 13.8 Å². The molecule has 0 radical (unpaired) electrons. The molecule has 0 saturated carbocycles. The van der Waals surface area contributed by atoms with Crippen LogP contribution < -0.4 is 10.3 Å². The summed E-state index contributed by atoms with van der Waals surface area (Å²) < 4.78 is 2.18. The fraction of sp³-hybridized carbons (Fsp3) is 0.294. The molecular weight excluding hydrogens is 276 g/mol. The second kappa shape index (κ2) is 6.47. The molecule has 0 aliphatic carbocycles. The number of hydrazone groups is 1. The molecule has 1 aromatic carbocycles. The van der Waals surface area contributed by atoms with Crippen molar-refractivity contribution in [1.29, 1.82) is 0 Å². The van der Waals surface area contributed by atoms with Gasteiger partial charge in [-0.05, 0) is 44.2 Å². The molecule has 22 heavy (non-hydrogen) atoms. The number of aromatic nitrogens is 1. The molecule has 1 N–H and O–H groups in total. The second-order valence-electron chi connectivity index (χ2n) is 5.50. The monoisotopic (exact) mass is 298 g/mol. The number of benzene rings is 1. The summed E-state index contributed by atoms with van der Waals surface area (Å²) in [4.78, 5) is 12.9. The van der Waals surface area contributed by atoms with Crippen LogP contribution in [0.5, 0.6) is 0 Å². The normalized spacial score (nSPS) is 11.0. The summed E-state index contributed by atoms with van der Waals surface area (Å²) in [7, 11) is 4.05. The van der Waals surface area contributed by atoms with E-state index < -0.39 is 0 Å². The van der Waals surface area contributed by atoms with E-state index in [-0.39, 0.29) is 5.91 Å². The first-order valence-electron chi connectivity index (χ1n) is 7.16. The maximum atomic E-state index is 10.9. The van der Waals surface area contributed by atoms with Gasteiger partial charge >= 0.3 is 0 Å². The fourth-order valence-corrected chi connectivity index (χ4v) is 2.41. The molecule has 0 aliphatic heterocycles. The molecule has 0 spiro atoms. The van der Waals surface area contributed by atoms with Gasteiger partial charge in [0.25, 0.3) is 0 Å². The molecule has 0 bridgehead atoms.